The molecule has 0 aromatic heterocycles. The highest BCUT2D eigenvalue weighted by Crippen LogP contribution is 2.03. The van der Waals surface area contributed by atoms with Crippen LogP contribution in [0.25, 0.3) is 0 Å². The lowest BCUT2D eigenvalue weighted by atomic mass is 10.0. The van der Waals surface area contributed by atoms with E-state index < -0.39 is 18.1 Å². The fourth-order valence-corrected chi connectivity index (χ4v) is 1.50. The second-order valence-electron chi connectivity index (χ2n) is 4.15. The summed E-state index contributed by atoms with van der Waals surface area (Å²) in [5.74, 6) is -1.48. The van der Waals surface area contributed by atoms with Gasteiger partial charge in [0, 0.05) is 6.54 Å². The van der Waals surface area contributed by atoms with E-state index in [1.807, 2.05) is 0 Å². The normalized spacial score (nSPS) is 22.8. The zero-order chi connectivity index (χ0) is 12.1. The average molecular weight is 230 g/mol. The number of nitrogens with one attached hydrogen (secondary N) is 2. The molecule has 3 N–H and O–H groups in total. The van der Waals surface area contributed by atoms with Crippen molar-refractivity contribution in [3.63, 3.8) is 0 Å². The maximum absolute atomic E-state index is 11.7. The molecule has 1 saturated heterocycles. The lowest BCUT2D eigenvalue weighted by molar-refractivity contribution is -0.143. The highest BCUT2D eigenvalue weighted by atomic mass is 16.5. The van der Waals surface area contributed by atoms with Crippen LogP contribution < -0.4 is 10.6 Å². The van der Waals surface area contributed by atoms with Gasteiger partial charge in [0.15, 0.2) is 0 Å². The number of ether oxygens (including phenoxy) is 1. The number of carboxylic acid groups (broad SMARTS) is 1. The molecule has 1 unspecified atom stereocenters. The highest BCUT2D eigenvalue weighted by molar-refractivity contribution is 5.87. The maximum Gasteiger partial charge on any atom is 0.326 e. The fraction of sp³-hybridized carbons (Fsp3) is 0.800. The molecule has 1 amide bonds. The molecule has 0 bridgehead atoms. The molecule has 0 spiro atoms. The van der Waals surface area contributed by atoms with Crippen molar-refractivity contribution in [2.75, 3.05) is 19.8 Å². The van der Waals surface area contributed by atoms with Crippen LogP contribution in [-0.2, 0) is 14.3 Å². The van der Waals surface area contributed by atoms with Gasteiger partial charge in [-0.3, -0.25) is 4.79 Å². The maximum atomic E-state index is 11.7. The molecule has 0 radical (unpaired) electrons. The van der Waals surface area contributed by atoms with E-state index in [0.717, 1.165) is 0 Å². The lowest BCUT2D eigenvalue weighted by Crippen LogP contribution is -2.55. The predicted octanol–water partition coefficient (Wildman–Crippen LogP) is -0.800. The first-order chi connectivity index (χ1) is 7.52. The van der Waals surface area contributed by atoms with Gasteiger partial charge in [-0.05, 0) is 5.92 Å². The summed E-state index contributed by atoms with van der Waals surface area (Å²) in [5.41, 5.74) is 0. The highest BCUT2D eigenvalue weighted by Gasteiger charge is 2.28. The number of morpholine rings is 1. The summed E-state index contributed by atoms with van der Waals surface area (Å²) in [6.07, 6.45) is 0. The van der Waals surface area contributed by atoms with Crippen molar-refractivity contribution >= 4 is 11.9 Å². The van der Waals surface area contributed by atoms with Crippen molar-refractivity contribution < 1.29 is 19.4 Å². The lowest BCUT2D eigenvalue weighted by Gasteiger charge is -2.25. The molecular formula is C10H18N2O4. The number of hydrogen-bond acceptors (Lipinski definition) is 4. The Labute approximate surface area is 94.3 Å². The van der Waals surface area contributed by atoms with Crippen LogP contribution in [0.1, 0.15) is 13.8 Å². The third-order valence-corrected chi connectivity index (χ3v) is 2.47. The summed E-state index contributed by atoms with van der Waals surface area (Å²) in [4.78, 5) is 22.6. The van der Waals surface area contributed by atoms with Gasteiger partial charge >= 0.3 is 5.97 Å². The Balaban J connectivity index is 2.50. The molecule has 1 heterocycles. The van der Waals surface area contributed by atoms with Gasteiger partial charge in [-0.1, -0.05) is 13.8 Å². The molecule has 2 atom stereocenters. The van der Waals surface area contributed by atoms with Crippen molar-refractivity contribution in [2.45, 2.75) is 25.9 Å². The van der Waals surface area contributed by atoms with Gasteiger partial charge in [-0.2, -0.15) is 0 Å². The Morgan fingerprint density at radius 1 is 1.50 bits per heavy atom. The van der Waals surface area contributed by atoms with E-state index in [1.165, 1.54) is 0 Å². The second kappa shape index (κ2) is 5.81. The molecule has 0 aliphatic carbocycles. The van der Waals surface area contributed by atoms with Gasteiger partial charge in [-0.25, -0.2) is 4.79 Å². The second-order valence-corrected chi connectivity index (χ2v) is 4.15. The third kappa shape index (κ3) is 3.46. The summed E-state index contributed by atoms with van der Waals surface area (Å²) in [5, 5.41) is 14.4. The van der Waals surface area contributed by atoms with Crippen LogP contribution in [0.15, 0.2) is 0 Å². The Morgan fingerprint density at radius 3 is 2.62 bits per heavy atom. The van der Waals surface area contributed by atoms with E-state index >= 15 is 0 Å². The van der Waals surface area contributed by atoms with Crippen molar-refractivity contribution in [3.8, 4) is 0 Å². The molecule has 1 aliphatic rings. The van der Waals surface area contributed by atoms with Crippen LogP contribution in [0, 0.1) is 5.92 Å². The predicted molar refractivity (Wildman–Crippen MR) is 57.0 cm³/mol. The molecule has 16 heavy (non-hydrogen) atoms. The van der Waals surface area contributed by atoms with Gasteiger partial charge in [0.25, 0.3) is 0 Å². The minimum absolute atomic E-state index is 0.147. The van der Waals surface area contributed by atoms with Gasteiger partial charge in [0.2, 0.25) is 5.91 Å². The Morgan fingerprint density at radius 2 is 2.19 bits per heavy atom. The number of carbonyl (C=O) groups excluding carboxylic acids is 1. The van der Waals surface area contributed by atoms with Crippen molar-refractivity contribution in [2.24, 2.45) is 5.92 Å². The van der Waals surface area contributed by atoms with E-state index in [0.29, 0.717) is 13.2 Å². The van der Waals surface area contributed by atoms with Gasteiger partial charge in [0.1, 0.15) is 12.1 Å². The summed E-state index contributed by atoms with van der Waals surface area (Å²) < 4.78 is 5.13. The van der Waals surface area contributed by atoms with Crippen molar-refractivity contribution in [3.05, 3.63) is 0 Å². The van der Waals surface area contributed by atoms with Gasteiger partial charge in [-0.15, -0.1) is 0 Å². The largest absolute Gasteiger partial charge is 0.480 e. The molecule has 1 rings (SSSR count). The molecule has 0 aromatic rings. The van der Waals surface area contributed by atoms with E-state index in [4.69, 9.17) is 9.84 Å². The summed E-state index contributed by atoms with van der Waals surface area (Å²) >= 11 is 0. The van der Waals surface area contributed by atoms with Gasteiger partial charge < -0.3 is 20.5 Å². The topological polar surface area (TPSA) is 87.7 Å². The van der Waals surface area contributed by atoms with Crippen LogP contribution in [0.4, 0.5) is 0 Å². The monoisotopic (exact) mass is 230 g/mol. The van der Waals surface area contributed by atoms with Gasteiger partial charge in [0.05, 0.1) is 13.2 Å². The van der Waals surface area contributed by atoms with E-state index in [-0.39, 0.29) is 18.4 Å². The van der Waals surface area contributed by atoms with E-state index in [9.17, 15) is 9.59 Å². The quantitative estimate of drug-likeness (QED) is 0.588. The van der Waals surface area contributed by atoms with Crippen molar-refractivity contribution in [1.82, 2.24) is 10.6 Å². The summed E-state index contributed by atoms with van der Waals surface area (Å²) in [6, 6.07) is -1.30. The number of carboxylic acids is 1. The molecule has 0 aromatic carbocycles. The minimum Gasteiger partial charge on any atom is -0.480 e. The van der Waals surface area contributed by atoms with E-state index in [1.54, 1.807) is 13.8 Å². The fourth-order valence-electron chi connectivity index (χ4n) is 1.50. The van der Waals surface area contributed by atoms with Crippen LogP contribution in [0.3, 0.4) is 0 Å². The third-order valence-electron chi connectivity index (χ3n) is 2.47. The van der Waals surface area contributed by atoms with Crippen molar-refractivity contribution in [1.29, 1.82) is 0 Å². The Bertz CT molecular complexity index is 262. The number of carbonyl (C=O) groups is 2. The van der Waals surface area contributed by atoms with Crippen LogP contribution >= 0.6 is 0 Å². The number of rotatable bonds is 4. The molecule has 1 aliphatic heterocycles. The van der Waals surface area contributed by atoms with Crippen LogP contribution in [-0.4, -0.2) is 48.8 Å². The first-order valence-corrected chi connectivity index (χ1v) is 5.36. The molecule has 92 valence electrons. The smallest absolute Gasteiger partial charge is 0.326 e. The molecule has 6 nitrogen and oxygen atoms in total. The first kappa shape index (κ1) is 12.9. The molecule has 6 heteroatoms. The number of hydrogen-bond donors (Lipinski definition) is 3. The number of amides is 1. The summed E-state index contributed by atoms with van der Waals surface area (Å²) in [7, 11) is 0. The first-order valence-electron chi connectivity index (χ1n) is 5.36. The SMILES string of the molecule is CC(C)[C@@H](NC(=O)C1COCCN1)C(=O)O. The standard InChI is InChI=1S/C10H18N2O4/c1-6(2)8(10(14)15)12-9(13)7-5-16-4-3-11-7/h6-8,11H,3-5H2,1-2H3,(H,12,13)(H,14,15)/t7?,8-/m1/s1. The molecule has 1 fully saturated rings. The van der Waals surface area contributed by atoms with E-state index in [2.05, 4.69) is 10.6 Å². The zero-order valence-corrected chi connectivity index (χ0v) is 9.53. The Kier molecular flexibility index (Phi) is 4.70. The van der Waals surface area contributed by atoms with Crippen LogP contribution in [0.5, 0.6) is 0 Å². The minimum atomic E-state index is -1.01. The van der Waals surface area contributed by atoms with Crippen LogP contribution in [0.2, 0.25) is 0 Å². The molecular weight excluding hydrogens is 212 g/mol. The summed E-state index contributed by atoms with van der Waals surface area (Å²) in [6.45, 7) is 4.98. The number of aliphatic carboxylic acids is 1. The molecule has 0 saturated carbocycles. The zero-order valence-electron chi connectivity index (χ0n) is 9.53. The Hall–Kier alpha value is -1.14. The average Bonchev–Trinajstić information content (AvgIpc) is 2.25.